The number of benzene rings is 4. The first-order valence-electron chi connectivity index (χ1n) is 13.7. The maximum atomic E-state index is 14.1. The van der Waals surface area contributed by atoms with Crippen molar-refractivity contribution in [1.82, 2.24) is 14.5 Å². The molecule has 0 radical (unpaired) electrons. The van der Waals surface area contributed by atoms with Crippen LogP contribution in [0.3, 0.4) is 0 Å². The Labute approximate surface area is 253 Å². The third-order valence-electron chi connectivity index (χ3n) is 6.85. The molecule has 4 rings (SSSR count). The highest BCUT2D eigenvalue weighted by molar-refractivity contribution is 7.89. The predicted octanol–water partition coefficient (Wildman–Crippen LogP) is 5.67. The summed E-state index contributed by atoms with van der Waals surface area (Å²) in [4.78, 5) is 29.3. The van der Waals surface area contributed by atoms with E-state index in [1.54, 1.807) is 30.3 Å². The lowest BCUT2D eigenvalue weighted by atomic mass is 10.0. The van der Waals surface area contributed by atoms with E-state index in [4.69, 9.17) is 11.6 Å². The lowest BCUT2D eigenvalue weighted by molar-refractivity contribution is -0.141. The Bertz CT molecular complexity index is 1670. The number of hydrogen-bond acceptors (Lipinski definition) is 4. The molecule has 0 heterocycles. The number of halogens is 1. The molecule has 0 aliphatic heterocycles. The molecule has 7 nitrogen and oxygen atoms in total. The van der Waals surface area contributed by atoms with E-state index in [2.05, 4.69) is 5.32 Å². The maximum Gasteiger partial charge on any atom is 0.243 e. The topological polar surface area (TPSA) is 86.8 Å². The molecule has 1 atom stereocenters. The van der Waals surface area contributed by atoms with Gasteiger partial charge < -0.3 is 10.2 Å². The standard InChI is InChI=1S/C33H36ClN3O4S/c1-33(2,3)35-32(39)30(20-24-12-6-5-7-13-24)37(22-27-16-10-11-17-29(27)34)31(38)23-36(4)42(40,41)28-19-18-25-14-8-9-15-26(25)21-28/h5-19,21,30H,20,22-23H2,1-4H3,(H,35,39). The zero-order valence-corrected chi connectivity index (χ0v) is 25.8. The van der Waals surface area contributed by atoms with Crippen molar-refractivity contribution in [2.75, 3.05) is 13.6 Å². The molecule has 4 aromatic carbocycles. The molecule has 0 aliphatic carbocycles. The van der Waals surface area contributed by atoms with E-state index in [0.717, 1.165) is 20.6 Å². The number of fused-ring (bicyclic) bond motifs is 1. The first-order chi connectivity index (χ1) is 19.8. The second-order valence-electron chi connectivity index (χ2n) is 11.3. The summed E-state index contributed by atoms with van der Waals surface area (Å²) < 4.78 is 28.2. The SMILES string of the molecule is CN(CC(=O)N(Cc1ccccc1Cl)C(Cc1ccccc1)C(=O)NC(C)(C)C)S(=O)(=O)c1ccc2ccccc2c1. The highest BCUT2D eigenvalue weighted by atomic mass is 35.5. The van der Waals surface area contributed by atoms with Gasteiger partial charge in [-0.1, -0.05) is 90.5 Å². The summed E-state index contributed by atoms with van der Waals surface area (Å²) in [6.45, 7) is 5.17. The number of sulfonamides is 1. The second-order valence-corrected chi connectivity index (χ2v) is 13.8. The van der Waals surface area contributed by atoms with E-state index >= 15 is 0 Å². The van der Waals surface area contributed by atoms with Gasteiger partial charge >= 0.3 is 0 Å². The van der Waals surface area contributed by atoms with Gasteiger partial charge in [-0.05, 0) is 60.9 Å². The molecule has 42 heavy (non-hydrogen) atoms. The van der Waals surface area contributed by atoms with E-state index in [9.17, 15) is 18.0 Å². The molecule has 1 unspecified atom stereocenters. The summed E-state index contributed by atoms with van der Waals surface area (Å²) in [5, 5.41) is 5.14. The van der Waals surface area contributed by atoms with Crippen molar-refractivity contribution in [1.29, 1.82) is 0 Å². The van der Waals surface area contributed by atoms with Gasteiger partial charge in [0.15, 0.2) is 0 Å². The normalized spacial score (nSPS) is 12.7. The van der Waals surface area contributed by atoms with Gasteiger partial charge in [0, 0.05) is 30.6 Å². The number of amides is 2. The molecule has 0 aromatic heterocycles. The number of carbonyl (C=O) groups excluding carboxylic acids is 2. The largest absolute Gasteiger partial charge is 0.350 e. The summed E-state index contributed by atoms with van der Waals surface area (Å²) in [6.07, 6.45) is 0.236. The zero-order chi connectivity index (χ0) is 30.5. The highest BCUT2D eigenvalue weighted by Crippen LogP contribution is 2.24. The van der Waals surface area contributed by atoms with Crippen LogP contribution in [-0.2, 0) is 32.6 Å². The van der Waals surface area contributed by atoms with Crippen molar-refractivity contribution in [3.63, 3.8) is 0 Å². The first kappa shape index (κ1) is 31.2. The number of hydrogen-bond donors (Lipinski definition) is 1. The predicted molar refractivity (Wildman–Crippen MR) is 168 cm³/mol. The molecule has 0 fully saturated rings. The Balaban J connectivity index is 1.69. The lowest BCUT2D eigenvalue weighted by Gasteiger charge is -2.34. The third-order valence-corrected chi connectivity index (χ3v) is 9.02. The zero-order valence-electron chi connectivity index (χ0n) is 24.2. The quantitative estimate of drug-likeness (QED) is 0.252. The lowest BCUT2D eigenvalue weighted by Crippen LogP contribution is -2.56. The van der Waals surface area contributed by atoms with E-state index < -0.39 is 34.1 Å². The second kappa shape index (κ2) is 13.1. The number of rotatable bonds is 10. The van der Waals surface area contributed by atoms with Gasteiger partial charge in [-0.25, -0.2) is 8.42 Å². The van der Waals surface area contributed by atoms with Crippen LogP contribution in [0.15, 0.2) is 102 Å². The van der Waals surface area contributed by atoms with Gasteiger partial charge in [0.05, 0.1) is 11.4 Å². The van der Waals surface area contributed by atoms with E-state index in [1.165, 1.54) is 18.0 Å². The first-order valence-corrected chi connectivity index (χ1v) is 15.5. The monoisotopic (exact) mass is 605 g/mol. The summed E-state index contributed by atoms with van der Waals surface area (Å²) in [5.41, 5.74) is 0.955. The van der Waals surface area contributed by atoms with Crippen molar-refractivity contribution >= 4 is 44.2 Å². The van der Waals surface area contributed by atoms with Crippen LogP contribution in [-0.4, -0.2) is 54.6 Å². The maximum absolute atomic E-state index is 14.1. The molecule has 2 amide bonds. The molecule has 0 saturated carbocycles. The average Bonchev–Trinajstić information content (AvgIpc) is 2.95. The van der Waals surface area contributed by atoms with Crippen molar-refractivity contribution in [2.24, 2.45) is 0 Å². The molecule has 9 heteroatoms. The van der Waals surface area contributed by atoms with Gasteiger partial charge in [-0.15, -0.1) is 0 Å². The molecule has 4 aromatic rings. The smallest absolute Gasteiger partial charge is 0.243 e. The number of nitrogens with one attached hydrogen (secondary N) is 1. The van der Waals surface area contributed by atoms with Crippen LogP contribution < -0.4 is 5.32 Å². The van der Waals surface area contributed by atoms with E-state index in [-0.39, 0.29) is 23.8 Å². The van der Waals surface area contributed by atoms with Gasteiger partial charge in [0.2, 0.25) is 21.8 Å². The minimum Gasteiger partial charge on any atom is -0.350 e. The molecule has 1 N–H and O–H groups in total. The van der Waals surface area contributed by atoms with Crippen molar-refractivity contribution in [3.05, 3.63) is 113 Å². The Hall–Kier alpha value is -3.72. The van der Waals surface area contributed by atoms with Crippen LogP contribution in [0.2, 0.25) is 5.02 Å². The Morgan fingerprint density at radius 1 is 0.857 bits per heavy atom. The van der Waals surface area contributed by atoms with Crippen molar-refractivity contribution in [2.45, 2.75) is 50.2 Å². The molecule has 0 aliphatic rings. The van der Waals surface area contributed by atoms with Crippen LogP contribution in [0.5, 0.6) is 0 Å². The summed E-state index contributed by atoms with van der Waals surface area (Å²) in [5.74, 6) is -0.862. The number of nitrogens with zero attached hydrogens (tertiary/aromatic N) is 2. The minimum atomic E-state index is -4.01. The van der Waals surface area contributed by atoms with Crippen LogP contribution >= 0.6 is 11.6 Å². The number of likely N-dealkylation sites (N-methyl/N-ethyl adjacent to an activating group) is 1. The van der Waals surface area contributed by atoms with Crippen LogP contribution in [0.4, 0.5) is 0 Å². The van der Waals surface area contributed by atoms with Crippen LogP contribution in [0.1, 0.15) is 31.9 Å². The Kier molecular flexibility index (Phi) is 9.71. The van der Waals surface area contributed by atoms with Gasteiger partial charge in [-0.3, -0.25) is 9.59 Å². The minimum absolute atomic E-state index is 0.0252. The van der Waals surface area contributed by atoms with Crippen molar-refractivity contribution < 1.29 is 18.0 Å². The summed E-state index contributed by atoms with van der Waals surface area (Å²) in [7, 11) is -2.64. The highest BCUT2D eigenvalue weighted by Gasteiger charge is 2.34. The van der Waals surface area contributed by atoms with Crippen molar-refractivity contribution in [3.8, 4) is 0 Å². The third kappa shape index (κ3) is 7.76. The number of carbonyl (C=O) groups is 2. The van der Waals surface area contributed by atoms with E-state index in [0.29, 0.717) is 10.6 Å². The average molecular weight is 606 g/mol. The summed E-state index contributed by atoms with van der Waals surface area (Å²) >= 11 is 6.49. The molecule has 0 saturated heterocycles. The Morgan fingerprint density at radius 2 is 1.48 bits per heavy atom. The molecular weight excluding hydrogens is 570 g/mol. The summed E-state index contributed by atoms with van der Waals surface area (Å²) in [6, 6.07) is 28.0. The fraction of sp³-hybridized carbons (Fsp3) is 0.273. The molecule has 0 spiro atoms. The van der Waals surface area contributed by atoms with Gasteiger partial charge in [0.1, 0.15) is 6.04 Å². The fourth-order valence-electron chi connectivity index (χ4n) is 4.69. The molecule has 0 bridgehead atoms. The fourth-order valence-corrected chi connectivity index (χ4v) is 6.04. The van der Waals surface area contributed by atoms with Gasteiger partial charge in [0.25, 0.3) is 0 Å². The Morgan fingerprint density at radius 3 is 2.14 bits per heavy atom. The van der Waals surface area contributed by atoms with Crippen LogP contribution in [0, 0.1) is 0 Å². The van der Waals surface area contributed by atoms with Crippen LogP contribution in [0.25, 0.3) is 10.8 Å². The molecule has 220 valence electrons. The molecular formula is C33H36ClN3O4S. The van der Waals surface area contributed by atoms with Gasteiger partial charge in [-0.2, -0.15) is 4.31 Å². The van der Waals surface area contributed by atoms with E-state index in [1.807, 2.05) is 81.4 Å².